The number of para-hydroxylation sites is 1. The minimum absolute atomic E-state index is 0.277. The third-order valence-electron chi connectivity index (χ3n) is 3.22. The summed E-state index contributed by atoms with van der Waals surface area (Å²) >= 11 is 0. The molecule has 1 aliphatic heterocycles. The molecule has 1 heterocycles. The van der Waals surface area contributed by atoms with Crippen LogP contribution in [0.1, 0.15) is 12.5 Å². The Hall–Kier alpha value is -2.57. The quantitative estimate of drug-likeness (QED) is 0.816. The Morgan fingerprint density at radius 1 is 1.36 bits per heavy atom. The van der Waals surface area contributed by atoms with Gasteiger partial charge in [0.1, 0.15) is 5.75 Å². The SMILES string of the molecule is Cc1ccccc1OCC(=O)O[C@H](C)C(=O)N1CCNC1=O. The van der Waals surface area contributed by atoms with E-state index < -0.39 is 24.0 Å². The van der Waals surface area contributed by atoms with Crippen molar-refractivity contribution in [2.24, 2.45) is 0 Å². The topological polar surface area (TPSA) is 84.9 Å². The van der Waals surface area contributed by atoms with E-state index in [9.17, 15) is 14.4 Å². The van der Waals surface area contributed by atoms with Gasteiger partial charge >= 0.3 is 12.0 Å². The zero-order valence-electron chi connectivity index (χ0n) is 12.5. The molecule has 0 aliphatic carbocycles. The molecule has 0 bridgehead atoms. The number of esters is 1. The van der Waals surface area contributed by atoms with Gasteiger partial charge in [0.15, 0.2) is 12.7 Å². The molecule has 0 saturated carbocycles. The first-order chi connectivity index (χ1) is 10.5. The monoisotopic (exact) mass is 306 g/mol. The number of ether oxygens (including phenoxy) is 2. The average Bonchev–Trinajstić information content (AvgIpc) is 2.91. The third kappa shape index (κ3) is 3.75. The lowest BCUT2D eigenvalue weighted by Gasteiger charge is -2.18. The number of aryl methyl sites for hydroxylation is 1. The maximum Gasteiger partial charge on any atom is 0.344 e. The first-order valence-electron chi connectivity index (χ1n) is 6.96. The van der Waals surface area contributed by atoms with Gasteiger partial charge < -0.3 is 14.8 Å². The van der Waals surface area contributed by atoms with Crippen molar-refractivity contribution in [3.05, 3.63) is 29.8 Å². The number of nitrogens with one attached hydrogen (secondary N) is 1. The summed E-state index contributed by atoms with van der Waals surface area (Å²) in [6.07, 6.45) is -1.03. The van der Waals surface area contributed by atoms with Crippen LogP contribution < -0.4 is 10.1 Å². The highest BCUT2D eigenvalue weighted by Crippen LogP contribution is 2.16. The van der Waals surface area contributed by atoms with E-state index in [1.807, 2.05) is 19.1 Å². The predicted octanol–water partition coefficient (Wildman–Crippen LogP) is 0.857. The average molecular weight is 306 g/mol. The minimum Gasteiger partial charge on any atom is -0.482 e. The van der Waals surface area contributed by atoms with Gasteiger partial charge in [-0.1, -0.05) is 18.2 Å². The van der Waals surface area contributed by atoms with Crippen molar-refractivity contribution in [3.63, 3.8) is 0 Å². The summed E-state index contributed by atoms with van der Waals surface area (Å²) in [4.78, 5) is 36.1. The molecule has 1 fully saturated rings. The number of imide groups is 1. The molecule has 118 valence electrons. The standard InChI is InChI=1S/C15H18N2O5/c1-10-5-3-4-6-12(10)21-9-13(18)22-11(2)14(19)17-8-7-16-15(17)20/h3-6,11H,7-9H2,1-2H3,(H,16,20)/t11-/m1/s1. The maximum atomic E-state index is 12.0. The van der Waals surface area contributed by atoms with Crippen molar-refractivity contribution in [1.82, 2.24) is 10.2 Å². The van der Waals surface area contributed by atoms with Gasteiger partial charge in [-0.3, -0.25) is 9.69 Å². The fraction of sp³-hybridized carbons (Fsp3) is 0.400. The number of benzene rings is 1. The van der Waals surface area contributed by atoms with Gasteiger partial charge in [-0.05, 0) is 25.5 Å². The van der Waals surface area contributed by atoms with Crippen LogP contribution in [0.3, 0.4) is 0 Å². The number of urea groups is 1. The predicted molar refractivity (Wildman–Crippen MR) is 77.3 cm³/mol. The second kappa shape index (κ2) is 6.93. The Labute approximate surface area is 128 Å². The smallest absolute Gasteiger partial charge is 0.344 e. The summed E-state index contributed by atoms with van der Waals surface area (Å²) in [5.41, 5.74) is 0.896. The third-order valence-corrected chi connectivity index (χ3v) is 3.22. The van der Waals surface area contributed by atoms with Crippen LogP contribution in [0, 0.1) is 6.92 Å². The van der Waals surface area contributed by atoms with Crippen LogP contribution in [-0.2, 0) is 14.3 Å². The number of amides is 3. The van der Waals surface area contributed by atoms with Gasteiger partial charge in [0.25, 0.3) is 5.91 Å². The Kier molecular flexibility index (Phi) is 4.98. The van der Waals surface area contributed by atoms with E-state index in [1.54, 1.807) is 12.1 Å². The molecule has 1 aromatic carbocycles. The summed E-state index contributed by atoms with van der Waals surface area (Å²) in [5.74, 6) is -0.625. The van der Waals surface area contributed by atoms with E-state index in [0.717, 1.165) is 10.5 Å². The van der Waals surface area contributed by atoms with Crippen molar-refractivity contribution >= 4 is 17.9 Å². The molecule has 22 heavy (non-hydrogen) atoms. The Morgan fingerprint density at radius 2 is 2.09 bits per heavy atom. The summed E-state index contributed by atoms with van der Waals surface area (Å²) in [6, 6.07) is 6.79. The van der Waals surface area contributed by atoms with E-state index in [1.165, 1.54) is 6.92 Å². The highest BCUT2D eigenvalue weighted by atomic mass is 16.6. The molecule has 1 atom stereocenters. The van der Waals surface area contributed by atoms with Crippen molar-refractivity contribution in [3.8, 4) is 5.75 Å². The lowest BCUT2D eigenvalue weighted by Crippen LogP contribution is -2.42. The van der Waals surface area contributed by atoms with Crippen LogP contribution in [0.2, 0.25) is 0 Å². The van der Waals surface area contributed by atoms with E-state index in [2.05, 4.69) is 5.32 Å². The normalized spacial score (nSPS) is 15.2. The largest absolute Gasteiger partial charge is 0.482 e. The molecule has 0 aromatic heterocycles. The molecule has 1 saturated heterocycles. The van der Waals surface area contributed by atoms with Crippen LogP contribution in [-0.4, -0.2) is 48.6 Å². The van der Waals surface area contributed by atoms with Crippen molar-refractivity contribution in [2.75, 3.05) is 19.7 Å². The lowest BCUT2D eigenvalue weighted by atomic mass is 10.2. The Balaban J connectivity index is 1.82. The fourth-order valence-corrected chi connectivity index (χ4v) is 2.04. The van der Waals surface area contributed by atoms with Crippen LogP contribution in [0.25, 0.3) is 0 Å². The zero-order valence-corrected chi connectivity index (χ0v) is 12.5. The zero-order chi connectivity index (χ0) is 16.1. The van der Waals surface area contributed by atoms with Crippen LogP contribution in [0.5, 0.6) is 5.75 Å². The van der Waals surface area contributed by atoms with Gasteiger partial charge in [-0.25, -0.2) is 9.59 Å². The van der Waals surface area contributed by atoms with Crippen molar-refractivity contribution in [1.29, 1.82) is 0 Å². The number of hydrogen-bond donors (Lipinski definition) is 1. The molecule has 2 rings (SSSR count). The summed E-state index contributed by atoms with van der Waals surface area (Å²) < 4.78 is 10.3. The van der Waals surface area contributed by atoms with Crippen LogP contribution in [0.15, 0.2) is 24.3 Å². The summed E-state index contributed by atoms with van der Waals surface area (Å²) in [7, 11) is 0. The number of carbonyl (C=O) groups is 3. The highest BCUT2D eigenvalue weighted by Gasteiger charge is 2.31. The second-order valence-corrected chi connectivity index (χ2v) is 4.91. The maximum absolute atomic E-state index is 12.0. The van der Waals surface area contributed by atoms with Gasteiger partial charge in [0.05, 0.1) is 0 Å². The second-order valence-electron chi connectivity index (χ2n) is 4.91. The van der Waals surface area contributed by atoms with E-state index in [4.69, 9.17) is 9.47 Å². The number of carbonyl (C=O) groups excluding carboxylic acids is 3. The van der Waals surface area contributed by atoms with Gasteiger partial charge in [0, 0.05) is 13.1 Å². The van der Waals surface area contributed by atoms with Gasteiger partial charge in [0.2, 0.25) is 0 Å². The summed E-state index contributed by atoms with van der Waals surface area (Å²) in [6.45, 7) is 3.67. The number of hydrogen-bond acceptors (Lipinski definition) is 5. The number of nitrogens with zero attached hydrogens (tertiary/aromatic N) is 1. The van der Waals surface area contributed by atoms with Crippen LogP contribution >= 0.6 is 0 Å². The first-order valence-corrected chi connectivity index (χ1v) is 6.96. The molecule has 1 aromatic rings. The Bertz CT molecular complexity index is 587. The van der Waals surface area contributed by atoms with Crippen molar-refractivity contribution in [2.45, 2.75) is 20.0 Å². The molecular weight excluding hydrogens is 288 g/mol. The molecular formula is C15H18N2O5. The molecule has 7 heteroatoms. The van der Waals surface area contributed by atoms with E-state index >= 15 is 0 Å². The minimum atomic E-state index is -1.03. The molecule has 0 radical (unpaired) electrons. The van der Waals surface area contributed by atoms with Gasteiger partial charge in [-0.2, -0.15) is 0 Å². The van der Waals surface area contributed by atoms with E-state index in [0.29, 0.717) is 12.3 Å². The lowest BCUT2D eigenvalue weighted by molar-refractivity contribution is -0.159. The van der Waals surface area contributed by atoms with Crippen molar-refractivity contribution < 1.29 is 23.9 Å². The fourth-order valence-electron chi connectivity index (χ4n) is 2.04. The van der Waals surface area contributed by atoms with Crippen LogP contribution in [0.4, 0.5) is 4.79 Å². The molecule has 0 spiro atoms. The molecule has 3 amide bonds. The highest BCUT2D eigenvalue weighted by molar-refractivity contribution is 5.98. The molecule has 1 N–H and O–H groups in total. The molecule has 1 aliphatic rings. The summed E-state index contributed by atoms with van der Waals surface area (Å²) in [5, 5.41) is 2.51. The van der Waals surface area contributed by atoms with Gasteiger partial charge in [-0.15, -0.1) is 0 Å². The Morgan fingerprint density at radius 3 is 2.73 bits per heavy atom. The molecule has 7 nitrogen and oxygen atoms in total. The van der Waals surface area contributed by atoms with E-state index in [-0.39, 0.29) is 13.2 Å². The number of rotatable bonds is 5. The molecule has 0 unspecified atom stereocenters. The first kappa shape index (κ1) is 15.8.